The van der Waals surface area contributed by atoms with Gasteiger partial charge in [-0.15, -0.1) is 6.42 Å². The Bertz CT molecular complexity index is 919. The van der Waals surface area contributed by atoms with Crippen LogP contribution in [0.1, 0.15) is 20.3 Å². The quantitative estimate of drug-likeness (QED) is 0.638. The normalized spacial score (nSPS) is 6.41. The van der Waals surface area contributed by atoms with Crippen LogP contribution >= 0.6 is 0 Å². The van der Waals surface area contributed by atoms with Crippen molar-refractivity contribution in [2.75, 3.05) is 0 Å². The molecule has 1 atom stereocenters. The molecule has 0 amide bonds. The summed E-state index contributed by atoms with van der Waals surface area (Å²) in [5, 5.41) is 0. The lowest BCUT2D eigenvalue weighted by molar-refractivity contribution is 0.723. The van der Waals surface area contributed by atoms with E-state index in [-0.39, 0.29) is 0 Å². The minimum atomic E-state index is 0.354. The third-order valence-corrected chi connectivity index (χ3v) is 1.88. The fraction of sp³-hybridized carbons (Fsp3) is 0.182. The fourth-order valence-electron chi connectivity index (χ4n) is 0.704. The third kappa shape index (κ3) is 14.1. The summed E-state index contributed by atoms with van der Waals surface area (Å²) in [6.07, 6.45) is 5.92. The summed E-state index contributed by atoms with van der Waals surface area (Å²) in [5.41, 5.74) is 0. The smallest absolute Gasteiger partial charge is 0.0182 e. The highest BCUT2D eigenvalue weighted by Crippen LogP contribution is 1.95. The molecule has 0 aliphatic heterocycles. The van der Waals surface area contributed by atoms with Gasteiger partial charge in [-0.05, 0) is 101 Å². The van der Waals surface area contributed by atoms with Crippen LogP contribution in [0.15, 0.2) is 0 Å². The summed E-state index contributed by atoms with van der Waals surface area (Å²) >= 11 is 0. The van der Waals surface area contributed by atoms with E-state index in [1.165, 1.54) is 0 Å². The van der Waals surface area contributed by atoms with Gasteiger partial charge in [0, 0.05) is 5.92 Å². The second kappa shape index (κ2) is 15.1. The van der Waals surface area contributed by atoms with Gasteiger partial charge in [0.2, 0.25) is 0 Å². The van der Waals surface area contributed by atoms with Crippen molar-refractivity contribution in [3.05, 3.63) is 0 Å². The van der Waals surface area contributed by atoms with E-state index in [0.29, 0.717) is 5.92 Å². The highest BCUT2D eigenvalue weighted by molar-refractivity contribution is 5.46. The van der Waals surface area contributed by atoms with Crippen molar-refractivity contribution in [2.24, 2.45) is 5.92 Å². The average molecular weight is 274 g/mol. The highest BCUT2D eigenvalue weighted by atomic mass is 13.9. The summed E-state index contributed by atoms with van der Waals surface area (Å²) in [4.78, 5) is 0. The van der Waals surface area contributed by atoms with Gasteiger partial charge in [0.1, 0.15) is 0 Å². The summed E-state index contributed by atoms with van der Waals surface area (Å²) in [7, 11) is 0. The molecule has 22 heavy (non-hydrogen) atoms. The summed E-state index contributed by atoms with van der Waals surface area (Å²) < 4.78 is 0. The van der Waals surface area contributed by atoms with E-state index in [0.717, 1.165) is 6.42 Å². The number of hydrogen-bond acceptors (Lipinski definition) is 0. The molecule has 0 fully saturated rings. The van der Waals surface area contributed by atoms with Gasteiger partial charge in [0.15, 0.2) is 0 Å². The van der Waals surface area contributed by atoms with Crippen LogP contribution in [0.5, 0.6) is 0 Å². The molecule has 0 nitrogen and oxygen atoms in total. The first-order valence-corrected chi connectivity index (χ1v) is 6.27. The van der Waals surface area contributed by atoms with Gasteiger partial charge >= 0.3 is 0 Å². The SMILES string of the molecule is C#CC#CC#CC#CC#CC#CC#CC#CC#CC(C)CC. The first-order chi connectivity index (χ1) is 10.8. The van der Waals surface area contributed by atoms with E-state index in [9.17, 15) is 0 Å². The Labute approximate surface area is 133 Å². The lowest BCUT2D eigenvalue weighted by Crippen LogP contribution is -1.83. The number of hydrogen-bond donors (Lipinski definition) is 0. The Balaban J connectivity index is 4.34. The van der Waals surface area contributed by atoms with Crippen molar-refractivity contribution in [1.82, 2.24) is 0 Å². The van der Waals surface area contributed by atoms with Crippen LogP contribution < -0.4 is 0 Å². The van der Waals surface area contributed by atoms with Gasteiger partial charge in [-0.1, -0.05) is 19.8 Å². The predicted molar refractivity (Wildman–Crippen MR) is 90.5 cm³/mol. The molecule has 1 unspecified atom stereocenters. The van der Waals surface area contributed by atoms with E-state index in [1.807, 2.05) is 6.92 Å². The fourth-order valence-corrected chi connectivity index (χ4v) is 0.704. The Morgan fingerprint density at radius 1 is 0.591 bits per heavy atom. The van der Waals surface area contributed by atoms with Crippen LogP contribution in [0.4, 0.5) is 0 Å². The summed E-state index contributed by atoms with van der Waals surface area (Å²) in [5.74, 6) is 43.3. The monoisotopic (exact) mass is 274 g/mol. The topological polar surface area (TPSA) is 0 Å². The molecule has 0 N–H and O–H groups in total. The van der Waals surface area contributed by atoms with Gasteiger partial charge in [-0.3, -0.25) is 0 Å². The molecule has 0 bridgehead atoms. The molecule has 0 heterocycles. The molecule has 0 aliphatic carbocycles. The number of terminal acetylenes is 1. The Morgan fingerprint density at radius 2 is 0.909 bits per heavy atom. The molecule has 0 aromatic heterocycles. The molecule has 0 aromatic rings. The molecule has 98 valence electrons. The van der Waals surface area contributed by atoms with Crippen molar-refractivity contribution in [3.8, 4) is 107 Å². The van der Waals surface area contributed by atoms with Crippen molar-refractivity contribution < 1.29 is 0 Å². The van der Waals surface area contributed by atoms with Gasteiger partial charge < -0.3 is 0 Å². The molecule has 0 saturated carbocycles. The zero-order valence-electron chi connectivity index (χ0n) is 12.4. The van der Waals surface area contributed by atoms with Crippen LogP contribution in [0.2, 0.25) is 0 Å². The first kappa shape index (κ1) is 18.0. The lowest BCUT2D eigenvalue weighted by atomic mass is 10.1. The minimum Gasteiger partial charge on any atom is -0.106 e. The predicted octanol–water partition coefficient (Wildman–Crippen LogP) is 1.69. The standard InChI is InChI=1S/C22H10/c1-4-6-7-8-9-10-11-12-13-14-15-16-17-18-19-20-21-22(3)5-2/h1,22H,5H2,2-3H3. The molecular weight excluding hydrogens is 264 g/mol. The van der Waals surface area contributed by atoms with Crippen LogP contribution in [0, 0.1) is 113 Å². The van der Waals surface area contributed by atoms with Crippen LogP contribution in [0.25, 0.3) is 0 Å². The second-order valence-electron chi connectivity index (χ2n) is 3.47. The van der Waals surface area contributed by atoms with E-state index in [1.54, 1.807) is 0 Å². The van der Waals surface area contributed by atoms with E-state index in [4.69, 9.17) is 6.42 Å². The van der Waals surface area contributed by atoms with Crippen LogP contribution in [-0.2, 0) is 0 Å². The average Bonchev–Trinajstić information content (AvgIpc) is 2.54. The molecule has 0 aromatic carbocycles. The van der Waals surface area contributed by atoms with Crippen molar-refractivity contribution in [2.45, 2.75) is 20.3 Å². The second-order valence-corrected chi connectivity index (χ2v) is 3.47. The maximum absolute atomic E-state index is 4.91. The highest BCUT2D eigenvalue weighted by Gasteiger charge is 1.86. The zero-order chi connectivity index (χ0) is 16.3. The largest absolute Gasteiger partial charge is 0.106 e. The van der Waals surface area contributed by atoms with Gasteiger partial charge in [-0.2, -0.15) is 0 Å². The first-order valence-electron chi connectivity index (χ1n) is 6.27. The molecule has 0 spiro atoms. The third-order valence-electron chi connectivity index (χ3n) is 1.88. The maximum Gasteiger partial charge on any atom is 0.0182 e. The van der Waals surface area contributed by atoms with Gasteiger partial charge in [-0.25, -0.2) is 0 Å². The Kier molecular flexibility index (Phi) is 12.4. The molecule has 0 rings (SSSR count). The summed E-state index contributed by atoms with van der Waals surface area (Å²) in [6, 6.07) is 0. The van der Waals surface area contributed by atoms with Crippen LogP contribution in [0.3, 0.4) is 0 Å². The van der Waals surface area contributed by atoms with Gasteiger partial charge in [0.05, 0.1) is 0 Å². The van der Waals surface area contributed by atoms with Crippen molar-refractivity contribution >= 4 is 0 Å². The maximum atomic E-state index is 4.91. The van der Waals surface area contributed by atoms with E-state index in [2.05, 4.69) is 108 Å². The lowest BCUT2D eigenvalue weighted by Gasteiger charge is -1.91. The molecule has 0 radical (unpaired) electrons. The van der Waals surface area contributed by atoms with Crippen LogP contribution in [-0.4, -0.2) is 0 Å². The van der Waals surface area contributed by atoms with E-state index < -0.39 is 0 Å². The molecular formula is C22H10. The van der Waals surface area contributed by atoms with E-state index >= 15 is 0 Å². The number of rotatable bonds is 1. The zero-order valence-corrected chi connectivity index (χ0v) is 12.4. The van der Waals surface area contributed by atoms with Gasteiger partial charge in [0.25, 0.3) is 0 Å². The Morgan fingerprint density at radius 3 is 1.23 bits per heavy atom. The minimum absolute atomic E-state index is 0.354. The molecule has 0 saturated heterocycles. The van der Waals surface area contributed by atoms with Crippen molar-refractivity contribution in [1.29, 1.82) is 0 Å². The molecule has 0 heteroatoms. The van der Waals surface area contributed by atoms with Crippen molar-refractivity contribution in [3.63, 3.8) is 0 Å². The summed E-state index contributed by atoms with van der Waals surface area (Å²) in [6.45, 7) is 4.12. The Hall–Kier alpha value is -3.96. The molecule has 0 aliphatic rings.